The van der Waals surface area contributed by atoms with Crippen LogP contribution in [0.15, 0.2) is 158 Å². The van der Waals surface area contributed by atoms with E-state index in [1.807, 2.05) is 6.07 Å². The van der Waals surface area contributed by atoms with Crippen LogP contribution in [0.3, 0.4) is 0 Å². The van der Waals surface area contributed by atoms with Crippen molar-refractivity contribution in [1.82, 2.24) is 15.0 Å². The number of fused-ring (bicyclic) bond motifs is 5. The molecule has 246 valence electrons. The zero-order valence-corrected chi connectivity index (χ0v) is 29.4. The molecule has 1 aliphatic rings. The van der Waals surface area contributed by atoms with Crippen molar-refractivity contribution >= 4 is 48.4 Å². The molecule has 0 fully saturated rings. The van der Waals surface area contributed by atoms with Gasteiger partial charge < -0.3 is 0 Å². The van der Waals surface area contributed by atoms with Crippen LogP contribution in [-0.2, 0) is 6.42 Å². The van der Waals surface area contributed by atoms with Crippen molar-refractivity contribution in [3.05, 3.63) is 169 Å². The van der Waals surface area contributed by atoms with Crippen LogP contribution < -0.4 is 0 Å². The number of hydrogen-bond donors (Lipinski definition) is 0. The van der Waals surface area contributed by atoms with E-state index in [2.05, 4.69) is 165 Å². The lowest BCUT2D eigenvalue weighted by Gasteiger charge is -2.22. The second kappa shape index (κ2) is 12.5. The van der Waals surface area contributed by atoms with Crippen LogP contribution in [0, 0.1) is 5.92 Å². The maximum atomic E-state index is 5.43. The lowest BCUT2D eigenvalue weighted by Crippen LogP contribution is -2.09. The highest BCUT2D eigenvalue weighted by Gasteiger charge is 2.24. The summed E-state index contributed by atoms with van der Waals surface area (Å²) in [6.07, 6.45) is 5.49. The van der Waals surface area contributed by atoms with Crippen molar-refractivity contribution in [2.45, 2.75) is 13.3 Å². The predicted molar refractivity (Wildman–Crippen MR) is 219 cm³/mol. The summed E-state index contributed by atoms with van der Waals surface area (Å²) in [5, 5.41) is 4.92. The van der Waals surface area contributed by atoms with Crippen molar-refractivity contribution in [2.75, 3.05) is 0 Å². The molecule has 1 atom stereocenters. The fraction of sp³-hybridized carbons (Fsp3) is 0.0625. The van der Waals surface area contributed by atoms with Crippen LogP contribution >= 0.6 is 11.3 Å². The number of nitrogens with zero attached hydrogens (tertiary/aromatic N) is 3. The fourth-order valence-corrected chi connectivity index (χ4v) is 8.87. The molecule has 7 aromatic carbocycles. The number of allylic oxidation sites excluding steroid dienone is 1. The average molecular weight is 684 g/mol. The number of rotatable bonds is 5. The molecule has 0 radical (unpaired) electrons. The minimum atomic E-state index is 0.400. The Morgan fingerprint density at radius 2 is 1.21 bits per heavy atom. The Morgan fingerprint density at radius 1 is 0.519 bits per heavy atom. The summed E-state index contributed by atoms with van der Waals surface area (Å²) < 4.78 is 2.44. The number of hydrogen-bond acceptors (Lipinski definition) is 4. The summed E-state index contributed by atoms with van der Waals surface area (Å²) in [7, 11) is 0. The highest BCUT2D eigenvalue weighted by Crippen LogP contribution is 2.43. The Kier molecular flexibility index (Phi) is 7.36. The van der Waals surface area contributed by atoms with Crippen LogP contribution in [0.4, 0.5) is 0 Å². The topological polar surface area (TPSA) is 38.7 Å². The molecule has 3 nitrogen and oxygen atoms in total. The third kappa shape index (κ3) is 5.31. The summed E-state index contributed by atoms with van der Waals surface area (Å²) >= 11 is 1.80. The smallest absolute Gasteiger partial charge is 0.165 e. The Bertz CT molecular complexity index is 2830. The number of benzene rings is 7. The lowest BCUT2D eigenvalue weighted by atomic mass is 9.83. The van der Waals surface area contributed by atoms with Gasteiger partial charge in [0.05, 0.1) is 0 Å². The van der Waals surface area contributed by atoms with Gasteiger partial charge in [-0.2, -0.15) is 0 Å². The van der Waals surface area contributed by atoms with E-state index < -0.39 is 0 Å². The molecule has 52 heavy (non-hydrogen) atoms. The maximum absolute atomic E-state index is 5.43. The SMILES string of the molecule is CC1C=Cc2ccc(-c3ccc4ccccc4c3)c(-c3nc(-c4ccc(-c5ccccc5)cc4)nc(-c4cccc5c4sc4ccccc45)n3)c2C1. The first-order valence-electron chi connectivity index (χ1n) is 17.8. The Hall–Kier alpha value is -6.23. The van der Waals surface area contributed by atoms with E-state index in [0.29, 0.717) is 23.4 Å². The Labute approximate surface area is 306 Å². The third-order valence-corrected chi connectivity index (χ3v) is 11.5. The van der Waals surface area contributed by atoms with Crippen molar-refractivity contribution in [3.63, 3.8) is 0 Å². The second-order valence-corrected chi connectivity index (χ2v) is 14.7. The van der Waals surface area contributed by atoms with E-state index in [0.717, 1.165) is 39.8 Å². The van der Waals surface area contributed by atoms with Gasteiger partial charge in [0, 0.05) is 36.9 Å². The van der Waals surface area contributed by atoms with E-state index in [1.54, 1.807) is 11.3 Å². The van der Waals surface area contributed by atoms with Gasteiger partial charge in [0.15, 0.2) is 17.5 Å². The van der Waals surface area contributed by atoms with E-state index in [9.17, 15) is 0 Å². The largest absolute Gasteiger partial charge is 0.208 e. The van der Waals surface area contributed by atoms with E-state index in [1.165, 1.54) is 47.6 Å². The fourth-order valence-electron chi connectivity index (χ4n) is 7.65. The summed E-state index contributed by atoms with van der Waals surface area (Å²) in [4.78, 5) is 16.1. The average Bonchev–Trinajstić information content (AvgIpc) is 3.59. The molecule has 0 saturated heterocycles. The molecular formula is C48H33N3S. The molecule has 0 spiro atoms. The van der Waals surface area contributed by atoms with Crippen LogP contribution in [0.5, 0.6) is 0 Å². The Balaban J connectivity index is 1.23. The van der Waals surface area contributed by atoms with Gasteiger partial charge in [-0.3, -0.25) is 0 Å². The van der Waals surface area contributed by atoms with Gasteiger partial charge in [0.2, 0.25) is 0 Å². The molecule has 9 aromatic rings. The van der Waals surface area contributed by atoms with Crippen molar-refractivity contribution in [3.8, 4) is 56.4 Å². The van der Waals surface area contributed by atoms with Gasteiger partial charge in [-0.1, -0.05) is 153 Å². The van der Waals surface area contributed by atoms with Crippen molar-refractivity contribution in [2.24, 2.45) is 5.92 Å². The van der Waals surface area contributed by atoms with Crippen LogP contribution in [0.2, 0.25) is 0 Å². The first kappa shape index (κ1) is 30.6. The molecule has 4 heteroatoms. The normalized spacial score (nSPS) is 13.9. The zero-order valence-electron chi connectivity index (χ0n) is 28.6. The standard InChI is InChI=1S/C48H33N3S/c1-30-18-19-34-26-27-38(37-25-22-32-12-5-6-13-36(32)29-37)44(42(34)28-30)48-50-46(35-23-20-33(21-24-35)31-10-3-2-4-11-31)49-47(51-48)41-16-9-15-40-39-14-7-8-17-43(39)52-45(40)41/h2-27,29-30H,28H2,1H3. The van der Waals surface area contributed by atoms with Crippen LogP contribution in [0.1, 0.15) is 18.1 Å². The molecule has 0 saturated carbocycles. The predicted octanol–water partition coefficient (Wildman–Crippen LogP) is 12.9. The van der Waals surface area contributed by atoms with Gasteiger partial charge in [0.25, 0.3) is 0 Å². The molecule has 0 bridgehead atoms. The summed E-state index contributed by atoms with van der Waals surface area (Å²) in [6, 6.07) is 54.0. The maximum Gasteiger partial charge on any atom is 0.165 e. The molecular weight excluding hydrogens is 651 g/mol. The summed E-state index contributed by atoms with van der Waals surface area (Å²) in [5.41, 5.74) is 10.2. The molecule has 0 aliphatic heterocycles. The van der Waals surface area contributed by atoms with Crippen LogP contribution in [0.25, 0.3) is 93.4 Å². The molecule has 2 heterocycles. The zero-order chi connectivity index (χ0) is 34.6. The number of thiophene rings is 1. The highest BCUT2D eigenvalue weighted by molar-refractivity contribution is 7.26. The quantitative estimate of drug-likeness (QED) is 0.181. The third-order valence-electron chi connectivity index (χ3n) is 10.3. The summed E-state index contributed by atoms with van der Waals surface area (Å²) in [5.74, 6) is 2.45. The minimum absolute atomic E-state index is 0.400. The van der Waals surface area contributed by atoms with Crippen LogP contribution in [-0.4, -0.2) is 15.0 Å². The molecule has 1 aliphatic carbocycles. The molecule has 0 N–H and O–H groups in total. The van der Waals surface area contributed by atoms with E-state index >= 15 is 0 Å². The van der Waals surface area contributed by atoms with Gasteiger partial charge in [-0.05, 0) is 74.7 Å². The molecule has 2 aromatic heterocycles. The molecule has 10 rings (SSSR count). The lowest BCUT2D eigenvalue weighted by molar-refractivity contribution is 0.718. The number of aromatic nitrogens is 3. The van der Waals surface area contributed by atoms with Crippen molar-refractivity contribution < 1.29 is 0 Å². The van der Waals surface area contributed by atoms with E-state index in [4.69, 9.17) is 15.0 Å². The van der Waals surface area contributed by atoms with Gasteiger partial charge in [0.1, 0.15) is 0 Å². The van der Waals surface area contributed by atoms with Crippen molar-refractivity contribution in [1.29, 1.82) is 0 Å². The van der Waals surface area contributed by atoms with Gasteiger partial charge >= 0.3 is 0 Å². The minimum Gasteiger partial charge on any atom is -0.208 e. The summed E-state index contributed by atoms with van der Waals surface area (Å²) in [6.45, 7) is 2.28. The monoisotopic (exact) mass is 683 g/mol. The molecule has 1 unspecified atom stereocenters. The highest BCUT2D eigenvalue weighted by atomic mass is 32.1. The Morgan fingerprint density at radius 3 is 2.10 bits per heavy atom. The first-order valence-corrected chi connectivity index (χ1v) is 18.6. The second-order valence-electron chi connectivity index (χ2n) is 13.7. The van der Waals surface area contributed by atoms with Gasteiger partial charge in [-0.15, -0.1) is 11.3 Å². The molecule has 0 amide bonds. The van der Waals surface area contributed by atoms with E-state index in [-0.39, 0.29) is 0 Å². The first-order chi connectivity index (χ1) is 25.7. The van der Waals surface area contributed by atoms with Gasteiger partial charge in [-0.25, -0.2) is 15.0 Å².